The van der Waals surface area contributed by atoms with Gasteiger partial charge in [0.05, 0.1) is 5.69 Å². The van der Waals surface area contributed by atoms with E-state index in [1.807, 2.05) is 0 Å². The second-order valence-electron chi connectivity index (χ2n) is 3.42. The molecule has 1 aromatic carbocycles. The van der Waals surface area contributed by atoms with Crippen molar-refractivity contribution in [3.63, 3.8) is 0 Å². The molecular weight excluding hydrogens is 240 g/mol. The Morgan fingerprint density at radius 3 is 2.61 bits per heavy atom. The Balaban J connectivity index is 1.99. The third-order valence-electron chi connectivity index (χ3n) is 2.14. The minimum absolute atomic E-state index is 0.215. The number of rotatable bonds is 3. The summed E-state index contributed by atoms with van der Waals surface area (Å²) < 4.78 is 25.5. The lowest BCUT2D eigenvalue weighted by Gasteiger charge is -2.08. The van der Waals surface area contributed by atoms with Gasteiger partial charge in [0.15, 0.2) is 11.6 Å². The monoisotopic (exact) mass is 249 g/mol. The van der Waals surface area contributed by atoms with Crippen LogP contribution >= 0.6 is 0 Å². The highest BCUT2D eigenvalue weighted by Crippen LogP contribution is 2.12. The van der Waals surface area contributed by atoms with Crippen LogP contribution in [0.25, 0.3) is 0 Å². The Morgan fingerprint density at radius 2 is 1.94 bits per heavy atom. The standard InChI is InChI=1S/C12H9F2N3O/c13-9-5-4-8(7-10(9)14)16-17-12(18)11-3-1-2-6-15-11/h1-7,16H,(H,17,18). The molecule has 1 amide bonds. The third kappa shape index (κ3) is 2.79. The van der Waals surface area contributed by atoms with Crippen molar-refractivity contribution in [3.05, 3.63) is 59.9 Å². The van der Waals surface area contributed by atoms with Gasteiger partial charge in [-0.2, -0.15) is 0 Å². The Hall–Kier alpha value is -2.50. The average molecular weight is 249 g/mol. The van der Waals surface area contributed by atoms with Crippen LogP contribution in [0, 0.1) is 11.6 Å². The highest BCUT2D eigenvalue weighted by atomic mass is 19.2. The van der Waals surface area contributed by atoms with E-state index in [1.165, 1.54) is 18.3 Å². The molecule has 0 saturated carbocycles. The lowest BCUT2D eigenvalue weighted by Crippen LogP contribution is -2.30. The lowest BCUT2D eigenvalue weighted by atomic mass is 10.3. The molecule has 0 spiro atoms. The lowest BCUT2D eigenvalue weighted by molar-refractivity contribution is 0.0957. The number of benzene rings is 1. The largest absolute Gasteiger partial charge is 0.298 e. The number of pyridine rings is 1. The number of halogens is 2. The van der Waals surface area contributed by atoms with Gasteiger partial charge < -0.3 is 0 Å². The van der Waals surface area contributed by atoms with Gasteiger partial charge in [0.25, 0.3) is 5.91 Å². The fourth-order valence-electron chi connectivity index (χ4n) is 1.26. The fraction of sp³-hybridized carbons (Fsp3) is 0. The van der Waals surface area contributed by atoms with Crippen LogP contribution in [-0.4, -0.2) is 10.9 Å². The molecule has 0 atom stereocenters. The van der Waals surface area contributed by atoms with Crippen molar-refractivity contribution in [2.75, 3.05) is 5.43 Å². The number of carbonyl (C=O) groups excluding carboxylic acids is 1. The molecule has 2 N–H and O–H groups in total. The fourth-order valence-corrected chi connectivity index (χ4v) is 1.26. The normalized spacial score (nSPS) is 9.89. The summed E-state index contributed by atoms with van der Waals surface area (Å²) in [5.74, 6) is -2.41. The molecule has 0 radical (unpaired) electrons. The maximum absolute atomic E-state index is 12.9. The Kier molecular flexibility index (Phi) is 3.47. The zero-order chi connectivity index (χ0) is 13.0. The smallest absolute Gasteiger partial charge is 0.288 e. The maximum atomic E-state index is 12.9. The van der Waals surface area contributed by atoms with E-state index >= 15 is 0 Å². The summed E-state index contributed by atoms with van der Waals surface area (Å²) in [5.41, 5.74) is 5.24. The number of hydrazine groups is 1. The number of anilines is 1. The quantitative estimate of drug-likeness (QED) is 0.819. The minimum atomic E-state index is -0.993. The van der Waals surface area contributed by atoms with Crippen molar-refractivity contribution in [1.82, 2.24) is 10.4 Å². The molecule has 4 nitrogen and oxygen atoms in total. The summed E-state index contributed by atoms with van der Waals surface area (Å²) in [7, 11) is 0. The minimum Gasteiger partial charge on any atom is -0.298 e. The molecule has 0 aliphatic rings. The predicted octanol–water partition coefficient (Wildman–Crippen LogP) is 2.12. The molecule has 92 valence electrons. The number of amides is 1. The second-order valence-corrected chi connectivity index (χ2v) is 3.42. The van der Waals surface area contributed by atoms with Crippen LogP contribution in [0.4, 0.5) is 14.5 Å². The van der Waals surface area contributed by atoms with Gasteiger partial charge in [-0.3, -0.25) is 20.6 Å². The molecule has 6 heteroatoms. The summed E-state index contributed by atoms with van der Waals surface area (Å²) in [6.45, 7) is 0. The molecule has 0 fully saturated rings. The number of nitrogens with one attached hydrogen (secondary N) is 2. The van der Waals surface area contributed by atoms with Crippen molar-refractivity contribution >= 4 is 11.6 Å². The number of hydrogen-bond donors (Lipinski definition) is 2. The van der Waals surface area contributed by atoms with Gasteiger partial charge in [-0.05, 0) is 24.3 Å². The first kappa shape index (κ1) is 12.0. The molecule has 0 aliphatic heterocycles. The van der Waals surface area contributed by atoms with E-state index in [4.69, 9.17) is 0 Å². The van der Waals surface area contributed by atoms with Crippen molar-refractivity contribution in [1.29, 1.82) is 0 Å². The third-order valence-corrected chi connectivity index (χ3v) is 2.14. The van der Waals surface area contributed by atoms with Crippen molar-refractivity contribution < 1.29 is 13.6 Å². The van der Waals surface area contributed by atoms with Gasteiger partial charge >= 0.3 is 0 Å². The van der Waals surface area contributed by atoms with Crippen LogP contribution < -0.4 is 10.9 Å². The number of aromatic nitrogens is 1. The number of nitrogens with zero attached hydrogens (tertiary/aromatic N) is 1. The zero-order valence-corrected chi connectivity index (χ0v) is 9.15. The van der Waals surface area contributed by atoms with Gasteiger partial charge in [-0.15, -0.1) is 0 Å². The van der Waals surface area contributed by atoms with Gasteiger partial charge in [0.2, 0.25) is 0 Å². The average Bonchev–Trinajstić information content (AvgIpc) is 2.41. The summed E-state index contributed by atoms with van der Waals surface area (Å²) in [6, 6.07) is 8.08. The van der Waals surface area contributed by atoms with E-state index in [1.54, 1.807) is 12.1 Å². The van der Waals surface area contributed by atoms with Crippen LogP contribution in [0.3, 0.4) is 0 Å². The Morgan fingerprint density at radius 1 is 1.11 bits per heavy atom. The van der Waals surface area contributed by atoms with E-state index in [-0.39, 0.29) is 11.4 Å². The number of carbonyl (C=O) groups is 1. The molecule has 1 aromatic heterocycles. The Labute approximate surface area is 102 Å². The predicted molar refractivity (Wildman–Crippen MR) is 61.7 cm³/mol. The topological polar surface area (TPSA) is 54.0 Å². The van der Waals surface area contributed by atoms with Crippen LogP contribution in [0.5, 0.6) is 0 Å². The molecule has 1 heterocycles. The maximum Gasteiger partial charge on any atom is 0.288 e. The van der Waals surface area contributed by atoms with Crippen LogP contribution in [0.1, 0.15) is 10.5 Å². The van der Waals surface area contributed by atoms with Crippen LogP contribution in [0.2, 0.25) is 0 Å². The van der Waals surface area contributed by atoms with E-state index in [0.717, 1.165) is 12.1 Å². The van der Waals surface area contributed by atoms with Crippen LogP contribution in [-0.2, 0) is 0 Å². The molecule has 2 rings (SSSR count). The van der Waals surface area contributed by atoms with Crippen molar-refractivity contribution in [3.8, 4) is 0 Å². The molecule has 0 bridgehead atoms. The first-order valence-electron chi connectivity index (χ1n) is 5.09. The molecule has 0 saturated heterocycles. The van der Waals surface area contributed by atoms with Crippen molar-refractivity contribution in [2.45, 2.75) is 0 Å². The first-order valence-corrected chi connectivity index (χ1v) is 5.09. The molecule has 0 aliphatic carbocycles. The van der Waals surface area contributed by atoms with E-state index in [9.17, 15) is 13.6 Å². The van der Waals surface area contributed by atoms with E-state index in [0.29, 0.717) is 0 Å². The molecule has 2 aromatic rings. The van der Waals surface area contributed by atoms with Gasteiger partial charge in [0, 0.05) is 12.3 Å². The first-order chi connectivity index (χ1) is 8.66. The molecular formula is C12H9F2N3O. The summed E-state index contributed by atoms with van der Waals surface area (Å²) in [6.07, 6.45) is 1.48. The summed E-state index contributed by atoms with van der Waals surface area (Å²) in [4.78, 5) is 15.4. The van der Waals surface area contributed by atoms with E-state index < -0.39 is 17.5 Å². The van der Waals surface area contributed by atoms with Gasteiger partial charge in [0.1, 0.15) is 5.69 Å². The van der Waals surface area contributed by atoms with E-state index in [2.05, 4.69) is 15.8 Å². The summed E-state index contributed by atoms with van der Waals surface area (Å²) >= 11 is 0. The van der Waals surface area contributed by atoms with Crippen molar-refractivity contribution in [2.24, 2.45) is 0 Å². The highest BCUT2D eigenvalue weighted by Gasteiger charge is 2.06. The van der Waals surface area contributed by atoms with Gasteiger partial charge in [-0.1, -0.05) is 6.07 Å². The highest BCUT2D eigenvalue weighted by molar-refractivity contribution is 5.92. The molecule has 18 heavy (non-hydrogen) atoms. The number of hydrogen-bond acceptors (Lipinski definition) is 3. The second kappa shape index (κ2) is 5.22. The van der Waals surface area contributed by atoms with Gasteiger partial charge in [-0.25, -0.2) is 8.78 Å². The Bertz CT molecular complexity index is 561. The van der Waals surface area contributed by atoms with Crippen LogP contribution in [0.15, 0.2) is 42.6 Å². The SMILES string of the molecule is O=C(NNc1ccc(F)c(F)c1)c1ccccn1. The summed E-state index contributed by atoms with van der Waals surface area (Å²) in [5, 5.41) is 0. The molecule has 0 unspecified atom stereocenters. The zero-order valence-electron chi connectivity index (χ0n) is 9.15.